The van der Waals surface area contributed by atoms with E-state index in [-0.39, 0.29) is 57.7 Å². The molecule has 0 aliphatic rings. The van der Waals surface area contributed by atoms with Gasteiger partial charge in [-0.05, 0) is 0 Å². The molecule has 0 radical (unpaired) electrons. The van der Waals surface area contributed by atoms with E-state index in [1.54, 1.807) is 0 Å². The van der Waals surface area contributed by atoms with Crippen LogP contribution in [0, 0.1) is 0 Å². The van der Waals surface area contributed by atoms with Crippen LogP contribution in [0.3, 0.4) is 0 Å². The Balaban J connectivity index is 0.00000208. The molecule has 5 N–H and O–H groups in total. The van der Waals surface area contributed by atoms with Crippen molar-refractivity contribution in [2.24, 2.45) is 0 Å². The summed E-state index contributed by atoms with van der Waals surface area (Å²) in [6, 6.07) is 6.20. The van der Waals surface area contributed by atoms with Gasteiger partial charge in [-0.3, -0.25) is 0 Å². The van der Waals surface area contributed by atoms with Crippen molar-refractivity contribution in [3.05, 3.63) is 30.3 Å². The molecule has 8 heteroatoms. The van der Waals surface area contributed by atoms with Crippen LogP contribution in [0.5, 0.6) is 34.5 Å². The Morgan fingerprint density at radius 3 is 2.21 bits per heavy atom. The van der Waals surface area contributed by atoms with E-state index in [4.69, 9.17) is 9.15 Å². The lowest BCUT2D eigenvalue weighted by Crippen LogP contribution is -3.00. The fraction of sp³-hybridized carbons (Fsp3) is 0.0625. The molecule has 1 heterocycles. The molecule has 1 aromatic heterocycles. The number of fused-ring (bicyclic) bond motifs is 1. The molecule has 0 fully saturated rings. The molecule has 0 aliphatic heterocycles. The van der Waals surface area contributed by atoms with Crippen LogP contribution in [0.25, 0.3) is 22.3 Å². The summed E-state index contributed by atoms with van der Waals surface area (Å²) >= 11 is 0. The smallest absolute Gasteiger partial charge is 0.402 e. The predicted octanol–water partition coefficient (Wildman–Crippen LogP) is -0.0785. The number of methoxy groups -OCH3 is 1. The lowest BCUT2D eigenvalue weighted by atomic mass is 10.1. The molecule has 3 aromatic rings. The first-order chi connectivity index (χ1) is 10.9. The monoisotopic (exact) mass is 352 g/mol. The van der Waals surface area contributed by atoms with Gasteiger partial charge in [0.15, 0.2) is 11.5 Å². The van der Waals surface area contributed by atoms with Crippen LogP contribution in [0.1, 0.15) is 0 Å². The second-order valence-corrected chi connectivity index (χ2v) is 4.88. The zero-order valence-corrected chi connectivity index (χ0v) is 13.1. The Morgan fingerprint density at radius 2 is 1.54 bits per heavy atom. The summed E-state index contributed by atoms with van der Waals surface area (Å²) in [7, 11) is 1.31. The lowest BCUT2D eigenvalue weighted by molar-refractivity contribution is -0.0000101. The Morgan fingerprint density at radius 1 is 0.833 bits per heavy atom. The largest absolute Gasteiger partial charge is 1.00 e. The highest BCUT2D eigenvalue weighted by Crippen LogP contribution is 2.43. The van der Waals surface area contributed by atoms with Crippen LogP contribution in [0.2, 0.25) is 0 Å². The van der Waals surface area contributed by atoms with E-state index < -0.39 is 11.5 Å². The zero-order chi connectivity index (χ0) is 16.7. The topological polar surface area (TPSA) is 122 Å². The molecule has 0 bridgehead atoms. The molecule has 0 unspecified atom stereocenters. The number of rotatable bonds is 2. The predicted molar refractivity (Wildman–Crippen MR) is 80.9 cm³/mol. The molecule has 2 aromatic carbocycles. The fourth-order valence-electron chi connectivity index (χ4n) is 2.28. The van der Waals surface area contributed by atoms with Crippen LogP contribution in [-0.4, -0.2) is 32.6 Å². The first kappa shape index (κ1) is 17.3. The number of hydrogen-bond donors (Lipinski definition) is 5. The maximum atomic E-state index is 10.1. The van der Waals surface area contributed by atoms with Gasteiger partial charge in [0.2, 0.25) is 11.5 Å². The van der Waals surface area contributed by atoms with E-state index in [1.807, 2.05) is 0 Å². The third-order valence-electron chi connectivity index (χ3n) is 3.37. The van der Waals surface area contributed by atoms with Crippen molar-refractivity contribution in [3.63, 3.8) is 0 Å². The summed E-state index contributed by atoms with van der Waals surface area (Å²) < 4.78 is 10.5. The zero-order valence-electron chi connectivity index (χ0n) is 12.3. The first-order valence-corrected chi connectivity index (χ1v) is 6.53. The molecule has 7 nitrogen and oxygen atoms in total. The number of ether oxygens (including phenoxy) is 1. The fourth-order valence-corrected chi connectivity index (χ4v) is 2.28. The lowest BCUT2D eigenvalue weighted by Gasteiger charge is -2.06. The van der Waals surface area contributed by atoms with E-state index in [2.05, 4.69) is 0 Å². The second kappa shape index (κ2) is 6.21. The summed E-state index contributed by atoms with van der Waals surface area (Å²) in [5, 5.41) is 49.0. The molecule has 3 rings (SSSR count). The second-order valence-electron chi connectivity index (χ2n) is 4.88. The van der Waals surface area contributed by atoms with E-state index in [0.29, 0.717) is 0 Å². The van der Waals surface area contributed by atoms with Crippen molar-refractivity contribution in [1.82, 2.24) is 0 Å². The highest BCUT2D eigenvalue weighted by atomic mass is 35.5. The molecule has 126 valence electrons. The minimum absolute atomic E-state index is 0. The summed E-state index contributed by atoms with van der Waals surface area (Å²) in [4.78, 5) is 0. The van der Waals surface area contributed by atoms with Gasteiger partial charge in [0.25, 0.3) is 0 Å². The molecule has 0 spiro atoms. The minimum Gasteiger partial charge on any atom is -1.00 e. The van der Waals surface area contributed by atoms with Crippen LogP contribution in [0.4, 0.5) is 0 Å². The van der Waals surface area contributed by atoms with E-state index >= 15 is 0 Å². The summed E-state index contributed by atoms with van der Waals surface area (Å²) in [5.41, 5.74) is 0.362. The number of aromatic hydroxyl groups is 5. The van der Waals surface area contributed by atoms with Crippen molar-refractivity contribution >= 4 is 11.0 Å². The number of halogens is 1. The summed E-state index contributed by atoms with van der Waals surface area (Å²) in [5.74, 6) is -1.69. The van der Waals surface area contributed by atoms with Crippen LogP contribution in [0.15, 0.2) is 34.7 Å². The maximum Gasteiger partial charge on any atom is 0.402 e. The van der Waals surface area contributed by atoms with Crippen molar-refractivity contribution in [1.29, 1.82) is 0 Å². The Hall–Kier alpha value is -3.06. The number of benzene rings is 2. The van der Waals surface area contributed by atoms with Crippen molar-refractivity contribution in [2.75, 3.05) is 7.11 Å². The van der Waals surface area contributed by atoms with Gasteiger partial charge >= 0.3 is 11.3 Å². The third kappa shape index (κ3) is 2.77. The van der Waals surface area contributed by atoms with Gasteiger partial charge < -0.3 is 42.7 Å². The molecule has 0 saturated heterocycles. The van der Waals surface area contributed by atoms with Crippen LogP contribution in [-0.2, 0) is 0 Å². The molecular weight excluding hydrogens is 340 g/mol. The van der Waals surface area contributed by atoms with E-state index in [9.17, 15) is 25.5 Å². The van der Waals surface area contributed by atoms with E-state index in [0.717, 1.165) is 6.07 Å². The average molecular weight is 353 g/mol. The van der Waals surface area contributed by atoms with Crippen LogP contribution >= 0.6 is 0 Å². The Labute approximate surface area is 142 Å². The minimum atomic E-state index is -0.451. The quantitative estimate of drug-likeness (QED) is 0.323. The highest BCUT2D eigenvalue weighted by molar-refractivity contribution is 5.88. The number of hydrogen-bond acceptors (Lipinski definition) is 6. The summed E-state index contributed by atoms with van der Waals surface area (Å²) in [6.07, 6.45) is 0. The number of phenols is 4. The highest BCUT2D eigenvalue weighted by Gasteiger charge is 2.26. The standard InChI is InChI=1S/C16H12O7.ClH/c1-22-14-3-7(2-11(19)15(14)21)16-12(20)6-9-10(18)4-8(17)5-13(9)23-16;/h2-6H,1H3,(H4-,17,18,19,20,21);1H. The Kier molecular flexibility index (Phi) is 4.48. The van der Waals surface area contributed by atoms with Crippen molar-refractivity contribution in [2.45, 2.75) is 0 Å². The summed E-state index contributed by atoms with van der Waals surface area (Å²) in [6.45, 7) is 0. The van der Waals surface area contributed by atoms with Gasteiger partial charge in [-0.1, -0.05) is 0 Å². The van der Waals surface area contributed by atoms with Gasteiger partial charge in [0.05, 0.1) is 18.7 Å². The maximum absolute atomic E-state index is 10.1. The van der Waals surface area contributed by atoms with Crippen molar-refractivity contribution < 1.29 is 47.1 Å². The van der Waals surface area contributed by atoms with Crippen LogP contribution < -0.4 is 17.1 Å². The number of phenolic OH excluding ortho intramolecular Hbond substituents is 4. The van der Waals surface area contributed by atoms with Gasteiger partial charge in [-0.2, -0.15) is 0 Å². The first-order valence-electron chi connectivity index (χ1n) is 6.53. The third-order valence-corrected chi connectivity index (χ3v) is 3.37. The Bertz CT molecular complexity index is 924. The molecule has 24 heavy (non-hydrogen) atoms. The SMILES string of the molecule is COc1cc(-c2[o+]c3cc(O)cc(O)c3cc2O)cc(O)c1O.[Cl-]. The molecule has 0 aliphatic carbocycles. The van der Waals surface area contributed by atoms with Crippen molar-refractivity contribution in [3.8, 4) is 45.8 Å². The molecule has 0 saturated carbocycles. The normalized spacial score (nSPS) is 10.4. The average Bonchev–Trinajstić information content (AvgIpc) is 2.50. The molecule has 0 atom stereocenters. The van der Waals surface area contributed by atoms with E-state index in [1.165, 1.54) is 31.4 Å². The van der Waals surface area contributed by atoms with Gasteiger partial charge in [-0.15, -0.1) is 0 Å². The van der Waals surface area contributed by atoms with Gasteiger partial charge in [-0.25, -0.2) is 4.42 Å². The molecule has 0 amide bonds. The molecular formula is C16H13ClO7. The van der Waals surface area contributed by atoms with Gasteiger partial charge in [0.1, 0.15) is 16.9 Å². The van der Waals surface area contributed by atoms with Gasteiger partial charge in [0, 0.05) is 24.3 Å².